The smallest absolute Gasteiger partial charge is 0.337 e. The van der Waals surface area contributed by atoms with E-state index in [1.165, 1.54) is 13.3 Å². The predicted octanol–water partition coefficient (Wildman–Crippen LogP) is 4.87. The number of allylic oxidation sites excluding steroid dienone is 1. The first-order valence-electron chi connectivity index (χ1n) is 14.4. The third-order valence-corrected chi connectivity index (χ3v) is 7.55. The summed E-state index contributed by atoms with van der Waals surface area (Å²) >= 11 is 3.55. The fraction of sp³-hybridized carbons (Fsp3) is 0.303. The lowest BCUT2D eigenvalue weighted by Crippen LogP contribution is -2.45. The van der Waals surface area contributed by atoms with Crippen molar-refractivity contribution in [3.8, 4) is 23.0 Å². The molecule has 3 aromatic carbocycles. The van der Waals surface area contributed by atoms with Gasteiger partial charge in [-0.05, 0) is 72.1 Å². The number of nitrogens with zero attached hydrogens (tertiary/aromatic N) is 1. The number of nitrogens with one attached hydrogen (secondary N) is 3. The number of amides is 2. The lowest BCUT2D eigenvalue weighted by molar-refractivity contribution is -0.136. The second kappa shape index (κ2) is 16.0. The van der Waals surface area contributed by atoms with Crippen molar-refractivity contribution >= 4 is 34.1 Å². The maximum absolute atomic E-state index is 12.5. The van der Waals surface area contributed by atoms with Gasteiger partial charge in [0, 0.05) is 15.7 Å². The molecule has 13 heteroatoms. The van der Waals surface area contributed by atoms with Gasteiger partial charge in [-0.3, -0.25) is 5.43 Å². The number of aliphatic hydroxyl groups excluding tert-OH is 1. The average Bonchev–Trinajstić information content (AvgIpc) is 3.03. The summed E-state index contributed by atoms with van der Waals surface area (Å²) in [5.74, 6) is 1.24. The van der Waals surface area contributed by atoms with Crippen LogP contribution in [0.15, 0.2) is 75.4 Å². The fourth-order valence-corrected chi connectivity index (χ4v) is 5.12. The number of hydrogen-bond donors (Lipinski definition) is 4. The molecule has 46 heavy (non-hydrogen) atoms. The van der Waals surface area contributed by atoms with Gasteiger partial charge in [-0.2, -0.15) is 5.10 Å². The van der Waals surface area contributed by atoms with Crippen LogP contribution >= 0.6 is 15.9 Å². The van der Waals surface area contributed by atoms with Gasteiger partial charge in [0.15, 0.2) is 29.2 Å². The molecule has 1 aliphatic rings. The fourth-order valence-electron chi connectivity index (χ4n) is 4.70. The molecule has 1 heterocycles. The van der Waals surface area contributed by atoms with Gasteiger partial charge in [-0.25, -0.2) is 9.59 Å². The molecular formula is C33H37BrN4O8. The van der Waals surface area contributed by atoms with E-state index in [2.05, 4.69) is 43.2 Å². The van der Waals surface area contributed by atoms with E-state index in [4.69, 9.17) is 23.7 Å². The zero-order valence-corrected chi connectivity index (χ0v) is 27.8. The van der Waals surface area contributed by atoms with Crippen LogP contribution in [-0.4, -0.2) is 57.0 Å². The van der Waals surface area contributed by atoms with E-state index in [9.17, 15) is 14.7 Å². The lowest BCUT2D eigenvalue weighted by atomic mass is 9.95. The Hall–Kier alpha value is -4.75. The molecule has 0 fully saturated rings. The number of hydrogen-bond acceptors (Lipinski definition) is 10. The number of rotatable bonds is 14. The topological polar surface area (TPSA) is 149 Å². The number of ether oxygens (including phenoxy) is 5. The number of carbonyl (C=O) groups excluding carboxylic acids is 2. The number of carbonyl (C=O) groups is 2. The van der Waals surface area contributed by atoms with Crippen molar-refractivity contribution in [2.45, 2.75) is 39.6 Å². The maximum Gasteiger partial charge on any atom is 0.337 e. The number of aliphatic hydroxyl groups is 1. The van der Waals surface area contributed by atoms with E-state index >= 15 is 0 Å². The molecule has 4 N–H and O–H groups in total. The number of benzene rings is 3. The van der Waals surface area contributed by atoms with E-state index in [0.29, 0.717) is 53.0 Å². The van der Waals surface area contributed by atoms with Crippen LogP contribution in [0.2, 0.25) is 0 Å². The monoisotopic (exact) mass is 696 g/mol. The number of urea groups is 1. The molecule has 12 nitrogen and oxygen atoms in total. The molecule has 4 rings (SSSR count). The molecule has 0 spiro atoms. The Balaban J connectivity index is 1.39. The standard InChI is InChI=1S/C33H37BrN4O8/c1-6-44-27-13-22(31-30(32(40)43-5)20(3)36-33(41)37-31)10-11-25(27)46-18-29(39)38-35-16-23-14-26(42-4)28(15-24(23)34)45-17-21-9-7-8-19(2)12-21/h7-16,29,31,38-39H,6,17-18H2,1-5H3,(H2,36,37,41)/b35-16-/t29-,31+/m0/s1. The Bertz CT molecular complexity index is 1630. The average molecular weight is 698 g/mol. The van der Waals surface area contributed by atoms with E-state index in [0.717, 1.165) is 15.6 Å². The molecule has 0 aromatic heterocycles. The zero-order valence-electron chi connectivity index (χ0n) is 26.2. The third-order valence-electron chi connectivity index (χ3n) is 6.86. The minimum Gasteiger partial charge on any atom is -0.493 e. The van der Waals surface area contributed by atoms with Crippen molar-refractivity contribution in [1.29, 1.82) is 0 Å². The van der Waals surface area contributed by atoms with Crippen LogP contribution in [-0.2, 0) is 16.1 Å². The molecule has 0 unspecified atom stereocenters. The van der Waals surface area contributed by atoms with Gasteiger partial charge in [-0.15, -0.1) is 0 Å². The molecular weight excluding hydrogens is 660 g/mol. The largest absolute Gasteiger partial charge is 0.493 e. The first-order valence-corrected chi connectivity index (χ1v) is 15.2. The molecule has 0 bridgehead atoms. The van der Waals surface area contributed by atoms with Gasteiger partial charge >= 0.3 is 12.0 Å². The van der Waals surface area contributed by atoms with Crippen LogP contribution in [0.3, 0.4) is 0 Å². The normalized spacial score (nSPS) is 15.1. The van der Waals surface area contributed by atoms with Crippen LogP contribution in [0.25, 0.3) is 0 Å². The van der Waals surface area contributed by atoms with Crippen molar-refractivity contribution in [3.63, 3.8) is 0 Å². The Kier molecular flexibility index (Phi) is 11.9. The maximum atomic E-state index is 12.5. The van der Waals surface area contributed by atoms with Crippen LogP contribution < -0.4 is 35.0 Å². The van der Waals surface area contributed by atoms with Gasteiger partial charge in [0.1, 0.15) is 13.2 Å². The minimum atomic E-state index is -1.16. The highest BCUT2D eigenvalue weighted by Gasteiger charge is 2.32. The van der Waals surface area contributed by atoms with E-state index in [1.54, 1.807) is 44.4 Å². The highest BCUT2D eigenvalue weighted by molar-refractivity contribution is 9.10. The van der Waals surface area contributed by atoms with Crippen molar-refractivity contribution in [2.75, 3.05) is 27.4 Å². The number of hydrazone groups is 1. The van der Waals surface area contributed by atoms with Gasteiger partial charge in [0.05, 0.1) is 38.7 Å². The van der Waals surface area contributed by atoms with Crippen molar-refractivity contribution in [1.82, 2.24) is 16.1 Å². The highest BCUT2D eigenvalue weighted by atomic mass is 79.9. The molecule has 0 saturated carbocycles. The van der Waals surface area contributed by atoms with Gasteiger partial charge in [0.25, 0.3) is 0 Å². The molecule has 3 aromatic rings. The quantitative estimate of drug-likeness (QED) is 0.0802. The number of methoxy groups -OCH3 is 2. The van der Waals surface area contributed by atoms with Crippen molar-refractivity contribution in [2.24, 2.45) is 5.10 Å². The molecule has 0 radical (unpaired) electrons. The summed E-state index contributed by atoms with van der Waals surface area (Å²) in [6, 6.07) is 15.4. The molecule has 244 valence electrons. The molecule has 0 aliphatic carbocycles. The Morgan fingerprint density at radius 1 is 1.04 bits per heavy atom. The number of aryl methyl sites for hydroxylation is 1. The zero-order chi connectivity index (χ0) is 33.2. The summed E-state index contributed by atoms with van der Waals surface area (Å²) < 4.78 is 28.7. The molecule has 1 aliphatic heterocycles. The summed E-state index contributed by atoms with van der Waals surface area (Å²) in [7, 11) is 2.83. The Morgan fingerprint density at radius 2 is 1.83 bits per heavy atom. The van der Waals surface area contributed by atoms with E-state index in [1.807, 2.05) is 32.0 Å². The van der Waals surface area contributed by atoms with Crippen molar-refractivity contribution < 1.29 is 38.4 Å². The second-order valence-corrected chi connectivity index (χ2v) is 11.1. The van der Waals surface area contributed by atoms with E-state index < -0.39 is 24.3 Å². The Labute approximate surface area is 275 Å². The summed E-state index contributed by atoms with van der Waals surface area (Å²) in [6.45, 7) is 6.03. The first-order chi connectivity index (χ1) is 22.1. The van der Waals surface area contributed by atoms with Gasteiger partial charge in [-0.1, -0.05) is 35.9 Å². The number of halogens is 1. The highest BCUT2D eigenvalue weighted by Crippen LogP contribution is 2.35. The molecule has 2 amide bonds. The third kappa shape index (κ3) is 8.70. The summed E-state index contributed by atoms with van der Waals surface area (Å²) in [6.07, 6.45) is 0.366. The first kappa shape index (κ1) is 34.1. The molecule has 2 atom stereocenters. The SMILES string of the molecule is CCOc1cc([C@H]2NC(=O)NC(C)=C2C(=O)OC)ccc1OC[C@H](O)N/N=C\c1cc(OC)c(OCc2cccc(C)c2)cc1Br. The van der Waals surface area contributed by atoms with Crippen LogP contribution in [0.1, 0.15) is 42.1 Å². The minimum absolute atomic E-state index is 0.163. The van der Waals surface area contributed by atoms with Gasteiger partial charge < -0.3 is 39.4 Å². The van der Waals surface area contributed by atoms with Crippen molar-refractivity contribution in [3.05, 3.63) is 92.6 Å². The lowest BCUT2D eigenvalue weighted by Gasteiger charge is -2.28. The second-order valence-electron chi connectivity index (χ2n) is 10.2. The summed E-state index contributed by atoms with van der Waals surface area (Å²) in [5.41, 5.74) is 6.77. The van der Waals surface area contributed by atoms with Gasteiger partial charge in [0.2, 0.25) is 0 Å². The predicted molar refractivity (Wildman–Crippen MR) is 175 cm³/mol. The van der Waals surface area contributed by atoms with Crippen LogP contribution in [0.4, 0.5) is 4.79 Å². The van der Waals surface area contributed by atoms with E-state index in [-0.39, 0.29) is 12.2 Å². The Morgan fingerprint density at radius 3 is 2.54 bits per heavy atom. The van der Waals surface area contributed by atoms with Crippen LogP contribution in [0.5, 0.6) is 23.0 Å². The molecule has 0 saturated heterocycles. The number of esters is 1. The summed E-state index contributed by atoms with van der Waals surface area (Å²) in [4.78, 5) is 24.6. The summed E-state index contributed by atoms with van der Waals surface area (Å²) in [5, 5.41) is 20.0. The van der Waals surface area contributed by atoms with Crippen LogP contribution in [0, 0.1) is 6.92 Å².